The maximum atomic E-state index is 4.39. The van der Waals surface area contributed by atoms with Crippen molar-refractivity contribution in [1.82, 2.24) is 9.88 Å². The summed E-state index contributed by atoms with van der Waals surface area (Å²) in [5.41, 5.74) is 1.19. The van der Waals surface area contributed by atoms with Crippen molar-refractivity contribution in [3.63, 3.8) is 0 Å². The third-order valence-electron chi connectivity index (χ3n) is 3.47. The first-order chi connectivity index (χ1) is 7.42. The van der Waals surface area contributed by atoms with Gasteiger partial charge >= 0.3 is 0 Å². The largest absolute Gasteiger partial charge is 0.291 e. The number of rotatable bonds is 2. The molecule has 2 bridgehead atoms. The molecule has 1 aromatic rings. The molecule has 0 radical (unpaired) electrons. The summed E-state index contributed by atoms with van der Waals surface area (Å²) in [5, 5.41) is 0. The Labute approximate surface area is 90.6 Å². The van der Waals surface area contributed by atoms with Crippen LogP contribution in [-0.2, 0) is 6.54 Å². The van der Waals surface area contributed by atoms with E-state index in [1.807, 2.05) is 12.3 Å². The number of hydrogen-bond donors (Lipinski definition) is 0. The first-order valence-electron chi connectivity index (χ1n) is 5.74. The van der Waals surface area contributed by atoms with Crippen LogP contribution in [0, 0.1) is 5.92 Å². The molecule has 0 N–H and O–H groups in total. The molecule has 2 atom stereocenters. The molecule has 0 spiro atoms. The molecule has 1 aliphatic carbocycles. The Morgan fingerprint density at radius 1 is 1.27 bits per heavy atom. The van der Waals surface area contributed by atoms with Crippen molar-refractivity contribution in [3.8, 4) is 0 Å². The van der Waals surface area contributed by atoms with Gasteiger partial charge in [-0.1, -0.05) is 18.2 Å². The van der Waals surface area contributed by atoms with E-state index < -0.39 is 0 Å². The van der Waals surface area contributed by atoms with Gasteiger partial charge in [0.2, 0.25) is 0 Å². The van der Waals surface area contributed by atoms with E-state index in [0.717, 1.165) is 12.5 Å². The van der Waals surface area contributed by atoms with Crippen molar-refractivity contribution < 1.29 is 0 Å². The van der Waals surface area contributed by atoms with Crippen LogP contribution in [-0.4, -0.2) is 22.5 Å². The van der Waals surface area contributed by atoms with Crippen LogP contribution >= 0.6 is 0 Å². The van der Waals surface area contributed by atoms with Gasteiger partial charge in [-0.05, 0) is 30.9 Å². The third-order valence-corrected chi connectivity index (χ3v) is 3.47. The van der Waals surface area contributed by atoms with Crippen LogP contribution in [0.1, 0.15) is 18.5 Å². The summed E-state index contributed by atoms with van der Waals surface area (Å²) in [4.78, 5) is 6.94. The molecular weight excluding hydrogens is 184 g/mol. The number of hydrogen-bond acceptors (Lipinski definition) is 2. The van der Waals surface area contributed by atoms with E-state index in [1.54, 1.807) is 0 Å². The molecule has 0 aromatic carbocycles. The van der Waals surface area contributed by atoms with E-state index in [9.17, 15) is 0 Å². The smallest absolute Gasteiger partial charge is 0.0544 e. The summed E-state index contributed by atoms with van der Waals surface area (Å²) in [6.07, 6.45) is 9.35. The molecular formula is C13H16N2. The Morgan fingerprint density at radius 2 is 2.27 bits per heavy atom. The number of fused-ring (bicyclic) bond motifs is 2. The fraction of sp³-hybridized carbons (Fsp3) is 0.462. The number of aromatic nitrogens is 1. The Morgan fingerprint density at radius 3 is 2.87 bits per heavy atom. The Bertz CT molecular complexity index is 358. The quantitative estimate of drug-likeness (QED) is 0.681. The summed E-state index contributed by atoms with van der Waals surface area (Å²) >= 11 is 0. The van der Waals surface area contributed by atoms with Gasteiger partial charge in [-0.25, -0.2) is 0 Å². The van der Waals surface area contributed by atoms with Gasteiger partial charge in [-0.2, -0.15) is 0 Å². The second-order valence-electron chi connectivity index (χ2n) is 4.54. The van der Waals surface area contributed by atoms with Crippen LogP contribution in [0.3, 0.4) is 0 Å². The lowest BCUT2D eigenvalue weighted by molar-refractivity contribution is 0.128. The Balaban J connectivity index is 1.72. The fourth-order valence-electron chi connectivity index (χ4n) is 2.64. The van der Waals surface area contributed by atoms with Crippen LogP contribution in [0.5, 0.6) is 0 Å². The molecule has 1 fully saturated rings. The van der Waals surface area contributed by atoms with Gasteiger partial charge in [0.05, 0.1) is 5.69 Å². The van der Waals surface area contributed by atoms with E-state index in [4.69, 9.17) is 0 Å². The van der Waals surface area contributed by atoms with Crippen LogP contribution in [0.15, 0.2) is 36.5 Å². The zero-order valence-corrected chi connectivity index (χ0v) is 8.84. The van der Waals surface area contributed by atoms with Gasteiger partial charge in [0.25, 0.3) is 0 Å². The zero-order chi connectivity index (χ0) is 10.1. The first-order valence-corrected chi connectivity index (χ1v) is 5.74. The molecule has 78 valence electrons. The summed E-state index contributed by atoms with van der Waals surface area (Å²) in [7, 11) is 0. The SMILES string of the molecule is C1=CC2CCC1CN2Cc1ccccn1. The predicted octanol–water partition coefficient (Wildman–Crippen LogP) is 2.23. The van der Waals surface area contributed by atoms with Crippen molar-refractivity contribution in [1.29, 1.82) is 0 Å². The number of piperidine rings is 1. The van der Waals surface area contributed by atoms with E-state index in [1.165, 1.54) is 25.1 Å². The van der Waals surface area contributed by atoms with E-state index in [-0.39, 0.29) is 0 Å². The van der Waals surface area contributed by atoms with Gasteiger partial charge in [-0.15, -0.1) is 0 Å². The summed E-state index contributed by atoms with van der Waals surface area (Å²) < 4.78 is 0. The summed E-state index contributed by atoms with van der Waals surface area (Å²) in [6.45, 7) is 2.23. The zero-order valence-electron chi connectivity index (χ0n) is 8.84. The minimum absolute atomic E-state index is 0.664. The topological polar surface area (TPSA) is 16.1 Å². The second-order valence-corrected chi connectivity index (χ2v) is 4.54. The van der Waals surface area contributed by atoms with E-state index >= 15 is 0 Å². The van der Waals surface area contributed by atoms with Gasteiger partial charge in [0, 0.05) is 25.3 Å². The highest BCUT2D eigenvalue weighted by Crippen LogP contribution is 2.30. The van der Waals surface area contributed by atoms with E-state index in [2.05, 4.69) is 34.2 Å². The van der Waals surface area contributed by atoms with Crippen molar-refractivity contribution >= 4 is 0 Å². The molecule has 2 nitrogen and oxygen atoms in total. The minimum Gasteiger partial charge on any atom is -0.291 e. The average Bonchev–Trinajstić information content (AvgIpc) is 2.32. The van der Waals surface area contributed by atoms with Crippen LogP contribution in [0.2, 0.25) is 0 Å². The van der Waals surface area contributed by atoms with Gasteiger partial charge in [0.1, 0.15) is 0 Å². The maximum absolute atomic E-state index is 4.39. The molecule has 1 saturated heterocycles. The van der Waals surface area contributed by atoms with Crippen LogP contribution in [0.4, 0.5) is 0 Å². The fourth-order valence-corrected chi connectivity index (χ4v) is 2.64. The van der Waals surface area contributed by atoms with Gasteiger partial charge in [-0.3, -0.25) is 9.88 Å². The van der Waals surface area contributed by atoms with Crippen molar-refractivity contribution in [2.24, 2.45) is 5.92 Å². The molecule has 3 aliphatic rings. The lowest BCUT2D eigenvalue weighted by Gasteiger charge is -2.41. The van der Waals surface area contributed by atoms with Gasteiger partial charge < -0.3 is 0 Å². The Hall–Kier alpha value is -1.15. The highest BCUT2D eigenvalue weighted by Gasteiger charge is 2.29. The average molecular weight is 200 g/mol. The molecule has 2 heteroatoms. The lowest BCUT2D eigenvalue weighted by atomic mass is 9.86. The van der Waals surface area contributed by atoms with Crippen molar-refractivity contribution in [2.45, 2.75) is 25.4 Å². The Kier molecular flexibility index (Phi) is 2.29. The molecule has 15 heavy (non-hydrogen) atoms. The monoisotopic (exact) mass is 200 g/mol. The number of nitrogens with zero attached hydrogens (tertiary/aromatic N) is 2. The normalized spacial score (nSPS) is 29.6. The lowest BCUT2D eigenvalue weighted by Crippen LogP contribution is -2.44. The molecule has 2 unspecified atom stereocenters. The summed E-state index contributed by atoms with van der Waals surface area (Å²) in [5.74, 6) is 0.790. The summed E-state index contributed by atoms with van der Waals surface area (Å²) in [6, 6.07) is 6.83. The van der Waals surface area contributed by atoms with Crippen LogP contribution < -0.4 is 0 Å². The molecule has 3 heterocycles. The van der Waals surface area contributed by atoms with Crippen molar-refractivity contribution in [2.75, 3.05) is 6.54 Å². The minimum atomic E-state index is 0.664. The molecule has 0 amide bonds. The van der Waals surface area contributed by atoms with Crippen LogP contribution in [0.25, 0.3) is 0 Å². The molecule has 1 aromatic heterocycles. The predicted molar refractivity (Wildman–Crippen MR) is 60.3 cm³/mol. The van der Waals surface area contributed by atoms with Gasteiger partial charge in [0.15, 0.2) is 0 Å². The molecule has 0 saturated carbocycles. The van der Waals surface area contributed by atoms with Crippen molar-refractivity contribution in [3.05, 3.63) is 42.2 Å². The maximum Gasteiger partial charge on any atom is 0.0544 e. The highest BCUT2D eigenvalue weighted by molar-refractivity contribution is 5.11. The second kappa shape index (κ2) is 3.78. The molecule has 2 aliphatic heterocycles. The number of pyridine rings is 1. The highest BCUT2D eigenvalue weighted by atomic mass is 15.2. The van der Waals surface area contributed by atoms with E-state index in [0.29, 0.717) is 6.04 Å². The third kappa shape index (κ3) is 1.82. The standard InChI is InChI=1S/C13H16N2/c1-2-8-14-12(3-1)10-15-9-11-4-6-13(15)7-5-11/h1-4,6,8,11,13H,5,7,9-10H2. The molecule has 4 rings (SSSR count). The first kappa shape index (κ1) is 9.10.